The Morgan fingerprint density at radius 1 is 1.40 bits per heavy atom. The Hall–Kier alpha value is -1.93. The van der Waals surface area contributed by atoms with Gasteiger partial charge in [0.15, 0.2) is 5.96 Å². The number of nitrogens with one attached hydrogen (secondary N) is 2. The fourth-order valence-corrected chi connectivity index (χ4v) is 3.01. The highest BCUT2D eigenvalue weighted by Gasteiger charge is 2.03. The molecule has 2 rings (SSSR count). The third-order valence-corrected chi connectivity index (χ3v) is 4.41. The highest BCUT2D eigenvalue weighted by Crippen LogP contribution is 2.15. The molecule has 0 saturated carbocycles. The predicted molar refractivity (Wildman–Crippen MR) is 104 cm³/mol. The van der Waals surface area contributed by atoms with Gasteiger partial charge in [0.25, 0.3) is 0 Å². The smallest absolute Gasteiger partial charge is 0.188 e. The minimum atomic E-state index is 0.511. The lowest BCUT2D eigenvalue weighted by molar-refractivity contribution is 0.344. The summed E-state index contributed by atoms with van der Waals surface area (Å²) in [5, 5.41) is 3.14. The van der Waals surface area contributed by atoms with Gasteiger partial charge >= 0.3 is 0 Å². The molecule has 0 saturated heterocycles. The lowest BCUT2D eigenvalue weighted by Crippen LogP contribution is -2.33. The van der Waals surface area contributed by atoms with Crippen LogP contribution >= 0.6 is 11.8 Å². The van der Waals surface area contributed by atoms with Crippen molar-refractivity contribution in [3.05, 3.63) is 41.9 Å². The summed E-state index contributed by atoms with van der Waals surface area (Å²) in [4.78, 5) is 13.5. The van der Waals surface area contributed by atoms with Crippen LogP contribution in [-0.4, -0.2) is 53.8 Å². The molecule has 0 fully saturated rings. The molecule has 2 aromatic heterocycles. The number of thioether (sulfide) groups is 1. The van der Waals surface area contributed by atoms with Crippen LogP contribution in [0.5, 0.6) is 0 Å². The number of rotatable bonds is 11. The molecule has 0 amide bonds. The molecule has 0 aliphatic heterocycles. The van der Waals surface area contributed by atoms with Gasteiger partial charge in [0.05, 0.1) is 18.6 Å². The van der Waals surface area contributed by atoms with Crippen LogP contribution < -0.4 is 11.1 Å². The van der Waals surface area contributed by atoms with E-state index in [0.717, 1.165) is 54.7 Å². The van der Waals surface area contributed by atoms with Crippen LogP contribution in [-0.2, 0) is 18.7 Å². The Balaban J connectivity index is 1.51. The molecule has 0 spiro atoms. The topological polar surface area (TPSA) is 95.5 Å². The van der Waals surface area contributed by atoms with Crippen molar-refractivity contribution < 1.29 is 4.42 Å². The van der Waals surface area contributed by atoms with E-state index >= 15 is 0 Å². The largest absolute Gasteiger partial charge is 0.464 e. The van der Waals surface area contributed by atoms with Gasteiger partial charge in [-0.15, -0.1) is 0 Å². The number of hydrogen-bond donors (Lipinski definition) is 3. The van der Waals surface area contributed by atoms with Crippen molar-refractivity contribution in [3.8, 4) is 0 Å². The minimum absolute atomic E-state index is 0.511. The first-order valence-electron chi connectivity index (χ1n) is 8.44. The Labute approximate surface area is 153 Å². The van der Waals surface area contributed by atoms with E-state index in [0.29, 0.717) is 12.5 Å². The first kappa shape index (κ1) is 19.4. The minimum Gasteiger partial charge on any atom is -0.464 e. The lowest BCUT2D eigenvalue weighted by atomic mass is 10.2. The zero-order valence-electron chi connectivity index (χ0n) is 15.0. The van der Waals surface area contributed by atoms with Gasteiger partial charge in [-0.3, -0.25) is 4.99 Å². The first-order valence-corrected chi connectivity index (χ1v) is 9.60. The molecule has 2 heterocycles. The summed E-state index contributed by atoms with van der Waals surface area (Å²) in [5.74, 6) is 4.36. The van der Waals surface area contributed by atoms with Gasteiger partial charge in [-0.25, -0.2) is 4.98 Å². The molecule has 0 bridgehead atoms. The van der Waals surface area contributed by atoms with E-state index in [1.807, 2.05) is 38.1 Å². The fraction of sp³-hybridized carbons (Fsp3) is 0.529. The van der Waals surface area contributed by atoms with Gasteiger partial charge in [-0.05, 0) is 39.1 Å². The molecule has 0 radical (unpaired) electrons. The summed E-state index contributed by atoms with van der Waals surface area (Å²) >= 11 is 1.82. The van der Waals surface area contributed by atoms with Gasteiger partial charge < -0.3 is 25.4 Å². The standard InChI is InChI=1S/C17H28N6OS/c1-23(2)11-15-5-6-16(24-15)12-25-9-8-21-17(18)20-7-3-4-14-10-19-13-22-14/h5-6,10,13H,3-4,7-9,11-12H2,1-2H3,(H,19,22)(H3,18,20,21). The number of hydrogen-bond acceptors (Lipinski definition) is 5. The number of aryl methyl sites for hydroxylation is 1. The normalized spacial score (nSPS) is 12.0. The van der Waals surface area contributed by atoms with E-state index in [1.54, 1.807) is 6.33 Å². The number of nitrogens with two attached hydrogens (primary N) is 1. The number of furan rings is 1. The maximum absolute atomic E-state index is 5.86. The molecule has 0 unspecified atom stereocenters. The number of guanidine groups is 1. The zero-order valence-corrected chi connectivity index (χ0v) is 15.8. The van der Waals surface area contributed by atoms with Crippen LogP contribution in [0.4, 0.5) is 0 Å². The van der Waals surface area contributed by atoms with Gasteiger partial charge in [-0.2, -0.15) is 11.8 Å². The first-order chi connectivity index (χ1) is 12.1. The van der Waals surface area contributed by atoms with Crippen molar-refractivity contribution in [2.24, 2.45) is 10.7 Å². The number of imidazole rings is 1. The molecular formula is C17H28N6OS. The van der Waals surface area contributed by atoms with Crippen LogP contribution in [0.3, 0.4) is 0 Å². The molecule has 0 aromatic carbocycles. The van der Waals surface area contributed by atoms with Crippen molar-refractivity contribution in [3.63, 3.8) is 0 Å². The SMILES string of the molecule is CN(C)Cc1ccc(CSCCNC(N)=NCCCc2cnc[nH]2)o1. The number of nitrogens with zero attached hydrogens (tertiary/aromatic N) is 3. The number of aromatic amines is 1. The lowest BCUT2D eigenvalue weighted by Gasteiger charge is -2.06. The molecule has 2 aromatic rings. The van der Waals surface area contributed by atoms with Crippen molar-refractivity contribution in [1.29, 1.82) is 0 Å². The molecule has 7 nitrogen and oxygen atoms in total. The van der Waals surface area contributed by atoms with Crippen LogP contribution in [0.25, 0.3) is 0 Å². The Kier molecular flexibility index (Phi) is 8.41. The van der Waals surface area contributed by atoms with E-state index in [1.165, 1.54) is 0 Å². The second kappa shape index (κ2) is 10.8. The van der Waals surface area contributed by atoms with Crippen molar-refractivity contribution in [2.45, 2.75) is 25.1 Å². The van der Waals surface area contributed by atoms with Crippen molar-refractivity contribution >= 4 is 17.7 Å². The zero-order chi connectivity index (χ0) is 17.9. The maximum Gasteiger partial charge on any atom is 0.188 e. The summed E-state index contributed by atoms with van der Waals surface area (Å²) in [6.07, 6.45) is 5.42. The highest BCUT2D eigenvalue weighted by atomic mass is 32.2. The van der Waals surface area contributed by atoms with Crippen molar-refractivity contribution in [2.75, 3.05) is 32.9 Å². The molecule has 0 aliphatic rings. The third kappa shape index (κ3) is 8.13. The predicted octanol–water partition coefficient (Wildman–Crippen LogP) is 1.83. The monoisotopic (exact) mass is 364 g/mol. The number of aliphatic imine (C=N–C) groups is 1. The highest BCUT2D eigenvalue weighted by molar-refractivity contribution is 7.98. The molecule has 25 heavy (non-hydrogen) atoms. The van der Waals surface area contributed by atoms with E-state index < -0.39 is 0 Å². The Bertz CT molecular complexity index is 623. The van der Waals surface area contributed by atoms with Crippen LogP contribution in [0.2, 0.25) is 0 Å². The molecular weight excluding hydrogens is 336 g/mol. The Morgan fingerprint density at radius 2 is 2.24 bits per heavy atom. The molecule has 8 heteroatoms. The second-order valence-electron chi connectivity index (χ2n) is 6.03. The average molecular weight is 365 g/mol. The number of aromatic nitrogens is 2. The van der Waals surface area contributed by atoms with E-state index in [-0.39, 0.29) is 0 Å². The average Bonchev–Trinajstić information content (AvgIpc) is 3.23. The van der Waals surface area contributed by atoms with Gasteiger partial charge in [0.1, 0.15) is 11.5 Å². The molecule has 138 valence electrons. The quantitative estimate of drug-likeness (QED) is 0.320. The van der Waals surface area contributed by atoms with E-state index in [4.69, 9.17) is 10.2 Å². The van der Waals surface area contributed by atoms with Crippen LogP contribution in [0.1, 0.15) is 23.6 Å². The Morgan fingerprint density at radius 3 is 3.00 bits per heavy atom. The molecule has 4 N–H and O–H groups in total. The second-order valence-corrected chi connectivity index (χ2v) is 7.14. The molecule has 0 atom stereocenters. The summed E-state index contributed by atoms with van der Waals surface area (Å²) in [5.41, 5.74) is 6.99. The maximum atomic E-state index is 5.86. The third-order valence-electron chi connectivity index (χ3n) is 3.43. The van der Waals surface area contributed by atoms with E-state index in [9.17, 15) is 0 Å². The number of H-pyrrole nitrogens is 1. The summed E-state index contributed by atoms with van der Waals surface area (Å²) < 4.78 is 5.78. The van der Waals surface area contributed by atoms with Crippen LogP contribution in [0, 0.1) is 0 Å². The van der Waals surface area contributed by atoms with Crippen LogP contribution in [0.15, 0.2) is 34.1 Å². The summed E-state index contributed by atoms with van der Waals surface area (Å²) in [6.45, 7) is 2.34. The van der Waals surface area contributed by atoms with Gasteiger partial charge in [0.2, 0.25) is 0 Å². The van der Waals surface area contributed by atoms with Gasteiger partial charge in [-0.1, -0.05) is 0 Å². The molecule has 0 aliphatic carbocycles. The van der Waals surface area contributed by atoms with E-state index in [2.05, 4.69) is 31.2 Å². The summed E-state index contributed by atoms with van der Waals surface area (Å²) in [6, 6.07) is 4.09. The summed E-state index contributed by atoms with van der Waals surface area (Å²) in [7, 11) is 4.07. The fourth-order valence-electron chi connectivity index (χ4n) is 2.27. The van der Waals surface area contributed by atoms with Crippen molar-refractivity contribution in [1.82, 2.24) is 20.2 Å². The van der Waals surface area contributed by atoms with Gasteiger partial charge in [0, 0.05) is 30.7 Å².